The van der Waals surface area contributed by atoms with E-state index in [2.05, 4.69) is 89.2 Å². The van der Waals surface area contributed by atoms with Gasteiger partial charge in [0.1, 0.15) is 0 Å². The molecule has 0 fully saturated rings. The smallest absolute Gasteiger partial charge is 0.0838 e. The number of aromatic nitrogens is 1. The number of anilines is 1. The van der Waals surface area contributed by atoms with E-state index in [0.717, 1.165) is 18.6 Å². The molecule has 2 aromatic carbocycles. The van der Waals surface area contributed by atoms with E-state index >= 15 is 0 Å². The van der Waals surface area contributed by atoms with Gasteiger partial charge in [-0.3, -0.25) is 0 Å². The molecule has 0 unspecified atom stereocenters. The van der Waals surface area contributed by atoms with Crippen molar-refractivity contribution in [1.29, 1.82) is 0 Å². The minimum atomic E-state index is 0.810. The lowest BCUT2D eigenvalue weighted by Crippen LogP contribution is -2.22. The zero-order chi connectivity index (χ0) is 19.3. The van der Waals surface area contributed by atoms with E-state index in [9.17, 15) is 0 Å². The van der Waals surface area contributed by atoms with Gasteiger partial charge in [0.2, 0.25) is 0 Å². The van der Waals surface area contributed by atoms with Crippen LogP contribution in [-0.2, 0) is 0 Å². The number of benzene rings is 2. The predicted molar refractivity (Wildman–Crippen MR) is 124 cm³/mol. The van der Waals surface area contributed by atoms with E-state index in [1.807, 2.05) is 18.2 Å². The topological polar surface area (TPSA) is 16.1 Å². The molecule has 0 amide bonds. The minimum absolute atomic E-state index is 0.810. The zero-order valence-corrected chi connectivity index (χ0v) is 16.5. The summed E-state index contributed by atoms with van der Waals surface area (Å²) in [6, 6.07) is 21.4. The molecule has 2 aliphatic rings. The van der Waals surface area contributed by atoms with Gasteiger partial charge in [0.25, 0.3) is 0 Å². The van der Waals surface area contributed by atoms with Crippen molar-refractivity contribution < 1.29 is 0 Å². The lowest BCUT2D eigenvalue weighted by atomic mass is 10.1. The summed E-state index contributed by atoms with van der Waals surface area (Å²) in [6.07, 6.45) is 8.15. The quantitative estimate of drug-likeness (QED) is 0.329. The Morgan fingerprint density at radius 1 is 0.857 bits per heavy atom. The van der Waals surface area contributed by atoms with Crippen LogP contribution in [0.3, 0.4) is 0 Å². The maximum atomic E-state index is 4.60. The number of hydrogen-bond donors (Lipinski definition) is 0. The fraction of sp³-hybridized carbons (Fsp3) is 0.0800. The predicted octanol–water partition coefficient (Wildman–Crippen LogP) is 6.75. The van der Waals surface area contributed by atoms with Crippen LogP contribution in [0.1, 0.15) is 11.1 Å². The molecule has 0 radical (unpaired) electrons. The number of rotatable bonds is 7. The van der Waals surface area contributed by atoms with Gasteiger partial charge in [-0.1, -0.05) is 54.6 Å². The molecule has 0 bridgehead atoms. The zero-order valence-electron chi connectivity index (χ0n) is 15.7. The fourth-order valence-corrected chi connectivity index (χ4v) is 4.17. The van der Waals surface area contributed by atoms with Gasteiger partial charge in [-0.05, 0) is 53.0 Å². The van der Waals surface area contributed by atoms with Crippen LogP contribution >= 0.6 is 11.5 Å². The number of nitrogens with zero attached hydrogens (tertiary/aromatic N) is 2. The molecule has 0 spiro atoms. The van der Waals surface area contributed by atoms with Crippen LogP contribution in [0.4, 0.5) is 5.69 Å². The molecule has 0 N–H and O–H groups in total. The molecule has 4 rings (SSSR count). The van der Waals surface area contributed by atoms with Gasteiger partial charge in [-0.15, -0.1) is 13.2 Å². The Balaban J connectivity index is 1.57. The number of hydrogen-bond acceptors (Lipinski definition) is 3. The number of fused-ring (bicyclic) bond motifs is 3. The van der Waals surface area contributed by atoms with Crippen LogP contribution in [0.25, 0.3) is 33.5 Å². The molecule has 0 atom stereocenters. The molecule has 0 aromatic heterocycles. The van der Waals surface area contributed by atoms with Crippen LogP contribution in [0, 0.1) is 0 Å². The molecule has 0 saturated heterocycles. The van der Waals surface area contributed by atoms with Crippen molar-refractivity contribution in [2.75, 3.05) is 18.0 Å². The van der Waals surface area contributed by atoms with Crippen molar-refractivity contribution >= 4 is 40.3 Å². The summed E-state index contributed by atoms with van der Waals surface area (Å²) in [7, 11) is 0. The Labute approximate surface area is 170 Å². The Kier molecular flexibility index (Phi) is 5.36. The van der Waals surface area contributed by atoms with E-state index in [0.29, 0.717) is 0 Å². The Bertz CT molecular complexity index is 1100. The summed E-state index contributed by atoms with van der Waals surface area (Å²) in [5.41, 5.74) is 5.89. The molecular weight excluding hydrogens is 360 g/mol. The third-order valence-corrected chi connectivity index (χ3v) is 5.56. The van der Waals surface area contributed by atoms with Crippen molar-refractivity contribution in [3.63, 3.8) is 0 Å². The van der Waals surface area contributed by atoms with Crippen molar-refractivity contribution in [3.8, 4) is 10.4 Å². The average molecular weight is 383 g/mol. The van der Waals surface area contributed by atoms with Gasteiger partial charge in [0.05, 0.1) is 10.4 Å². The lowest BCUT2D eigenvalue weighted by Gasteiger charge is -2.21. The largest absolute Gasteiger partial charge is 0.364 e. The lowest BCUT2D eigenvalue weighted by molar-refractivity contribution is 0.957. The van der Waals surface area contributed by atoms with Gasteiger partial charge >= 0.3 is 0 Å². The summed E-state index contributed by atoms with van der Waals surface area (Å²) >= 11 is 1.56. The Morgan fingerprint density at radius 3 is 2.32 bits per heavy atom. The summed E-state index contributed by atoms with van der Waals surface area (Å²) in [5, 5.41) is 1.21. The molecule has 3 heteroatoms. The van der Waals surface area contributed by atoms with Gasteiger partial charge in [-0.25, -0.2) is 0 Å². The Hall–Kier alpha value is -3.17. The van der Waals surface area contributed by atoms with Gasteiger partial charge in [0.15, 0.2) is 0 Å². The van der Waals surface area contributed by atoms with Gasteiger partial charge in [-0.2, -0.15) is 4.37 Å². The van der Waals surface area contributed by atoms with Crippen LogP contribution < -0.4 is 4.90 Å². The van der Waals surface area contributed by atoms with Crippen LogP contribution in [0.5, 0.6) is 0 Å². The first kappa shape index (κ1) is 18.2. The second kappa shape index (κ2) is 8.24. The Morgan fingerprint density at radius 2 is 1.57 bits per heavy atom. The third-order valence-electron chi connectivity index (χ3n) is 4.74. The van der Waals surface area contributed by atoms with Crippen LogP contribution in [0.2, 0.25) is 0 Å². The highest BCUT2D eigenvalue weighted by Crippen LogP contribution is 2.35. The summed E-state index contributed by atoms with van der Waals surface area (Å²) in [5.74, 6) is 0. The molecule has 2 aromatic rings. The molecule has 28 heavy (non-hydrogen) atoms. The third kappa shape index (κ3) is 3.75. The standard InChI is InChI=1S/C25H22N2S/c1-3-15-27(16-4-2)21-13-11-19(12-14-21)9-10-20-17-23-22-7-5-6-8-24(22)26-28-25(23)18-20/h3-14,17-18H,1-2,15-16H2. The van der Waals surface area contributed by atoms with E-state index in [1.54, 1.807) is 11.5 Å². The molecule has 1 aliphatic heterocycles. The van der Waals surface area contributed by atoms with Crippen molar-refractivity contribution in [3.05, 3.63) is 97.1 Å². The first-order valence-electron chi connectivity index (χ1n) is 9.31. The first-order valence-corrected chi connectivity index (χ1v) is 10.1. The van der Waals surface area contributed by atoms with E-state index in [4.69, 9.17) is 0 Å². The fourth-order valence-electron chi connectivity index (χ4n) is 3.36. The molecule has 1 aliphatic carbocycles. The van der Waals surface area contributed by atoms with Gasteiger partial charge in [0, 0.05) is 29.7 Å². The minimum Gasteiger partial charge on any atom is -0.364 e. The monoisotopic (exact) mass is 382 g/mol. The molecule has 1 heterocycles. The average Bonchev–Trinajstić information content (AvgIpc) is 3.16. The van der Waals surface area contributed by atoms with E-state index in [1.165, 1.54) is 32.6 Å². The highest BCUT2D eigenvalue weighted by molar-refractivity contribution is 7.10. The molecular formula is C25H22N2S. The highest BCUT2D eigenvalue weighted by Gasteiger charge is 2.11. The normalized spacial score (nSPS) is 11.3. The second-order valence-electron chi connectivity index (χ2n) is 6.67. The maximum Gasteiger partial charge on any atom is 0.0838 e. The summed E-state index contributed by atoms with van der Waals surface area (Å²) in [4.78, 5) is 3.45. The maximum absolute atomic E-state index is 4.60. The summed E-state index contributed by atoms with van der Waals surface area (Å²) in [6.45, 7) is 9.29. The molecule has 0 saturated carbocycles. The first-order chi connectivity index (χ1) is 13.8. The SMILES string of the molecule is C=CCN(CC=C)c1ccc(C=Cc2cc3snc4ccccc4c-3c2)cc1. The van der Waals surface area contributed by atoms with Crippen molar-refractivity contribution in [2.24, 2.45) is 0 Å². The van der Waals surface area contributed by atoms with Gasteiger partial charge < -0.3 is 4.90 Å². The molecule has 2 nitrogen and oxygen atoms in total. The van der Waals surface area contributed by atoms with E-state index in [-0.39, 0.29) is 0 Å². The van der Waals surface area contributed by atoms with Crippen molar-refractivity contribution in [2.45, 2.75) is 0 Å². The second-order valence-corrected chi connectivity index (χ2v) is 7.48. The van der Waals surface area contributed by atoms with Crippen LogP contribution in [0.15, 0.2) is 86.0 Å². The summed E-state index contributed by atoms with van der Waals surface area (Å²) < 4.78 is 4.60. The molecule has 138 valence electrons. The van der Waals surface area contributed by atoms with E-state index < -0.39 is 0 Å². The van der Waals surface area contributed by atoms with Crippen molar-refractivity contribution in [1.82, 2.24) is 4.37 Å². The highest BCUT2D eigenvalue weighted by atomic mass is 32.1. The van der Waals surface area contributed by atoms with Crippen LogP contribution in [-0.4, -0.2) is 17.5 Å².